The molecule has 1 aliphatic rings. The molecule has 0 aromatic heterocycles. The van der Waals surface area contributed by atoms with Gasteiger partial charge >= 0.3 is 5.97 Å². The van der Waals surface area contributed by atoms with Gasteiger partial charge in [0.15, 0.2) is 0 Å². The van der Waals surface area contributed by atoms with Crippen LogP contribution in [0.2, 0.25) is 0 Å². The first kappa shape index (κ1) is 19.3. The molecule has 0 spiro atoms. The van der Waals surface area contributed by atoms with Crippen molar-refractivity contribution in [3.05, 3.63) is 29.8 Å². The molecule has 128 valence electrons. The van der Waals surface area contributed by atoms with Gasteiger partial charge in [0.1, 0.15) is 5.54 Å². The maximum Gasteiger partial charge on any atom is 0.331 e. The lowest BCUT2D eigenvalue weighted by atomic mass is 9.81. The number of anilines is 1. The van der Waals surface area contributed by atoms with Crippen LogP contribution in [-0.2, 0) is 20.7 Å². The van der Waals surface area contributed by atoms with Gasteiger partial charge in [-0.15, -0.1) is 12.4 Å². The van der Waals surface area contributed by atoms with E-state index >= 15 is 0 Å². The molecule has 0 radical (unpaired) electrons. The Morgan fingerprint density at radius 1 is 1.22 bits per heavy atom. The number of esters is 1. The molecule has 0 saturated heterocycles. The number of para-hydroxylation sites is 1. The summed E-state index contributed by atoms with van der Waals surface area (Å²) in [6, 6.07) is 7.51. The topological polar surface area (TPSA) is 81.4 Å². The summed E-state index contributed by atoms with van der Waals surface area (Å²) < 4.78 is 4.90. The van der Waals surface area contributed by atoms with Gasteiger partial charge in [0.25, 0.3) is 0 Å². The molecule has 0 aliphatic heterocycles. The van der Waals surface area contributed by atoms with Crippen LogP contribution in [0.4, 0.5) is 5.69 Å². The summed E-state index contributed by atoms with van der Waals surface area (Å²) in [6.45, 7) is 0. The summed E-state index contributed by atoms with van der Waals surface area (Å²) in [5.74, 6) is -0.463. The zero-order valence-electron chi connectivity index (χ0n) is 13.5. The second kappa shape index (κ2) is 8.77. The van der Waals surface area contributed by atoms with E-state index in [1.165, 1.54) is 7.11 Å². The predicted molar refractivity (Wildman–Crippen MR) is 92.4 cm³/mol. The maximum absolute atomic E-state index is 12.3. The minimum Gasteiger partial charge on any atom is -0.467 e. The van der Waals surface area contributed by atoms with Crippen molar-refractivity contribution in [1.29, 1.82) is 0 Å². The molecule has 1 fully saturated rings. The van der Waals surface area contributed by atoms with Crippen molar-refractivity contribution in [3.63, 3.8) is 0 Å². The van der Waals surface area contributed by atoms with Gasteiger partial charge in [0, 0.05) is 12.1 Å². The largest absolute Gasteiger partial charge is 0.467 e. The number of benzene rings is 1. The zero-order chi connectivity index (χ0) is 16.0. The summed E-state index contributed by atoms with van der Waals surface area (Å²) in [6.07, 6.45) is 5.14. The third kappa shape index (κ3) is 4.86. The van der Waals surface area contributed by atoms with Crippen LogP contribution in [0.1, 0.15) is 44.1 Å². The van der Waals surface area contributed by atoms with E-state index in [1.807, 2.05) is 24.3 Å². The van der Waals surface area contributed by atoms with E-state index in [0.29, 0.717) is 31.4 Å². The monoisotopic (exact) mass is 340 g/mol. The number of nitrogens with one attached hydrogen (secondary N) is 1. The highest BCUT2D eigenvalue weighted by atomic mass is 35.5. The van der Waals surface area contributed by atoms with Gasteiger partial charge in [0.05, 0.1) is 7.11 Å². The molecule has 1 aromatic rings. The highest BCUT2D eigenvalue weighted by Gasteiger charge is 2.41. The van der Waals surface area contributed by atoms with Gasteiger partial charge in [-0.05, 0) is 30.9 Å². The number of amides is 1. The Labute approximate surface area is 143 Å². The standard InChI is InChI=1S/C17H24N2O3.ClH/c1-22-16(21)17(11-5-2-6-12-17)19-15(20)10-9-13-7-3-4-8-14(13)18;/h3-4,7-8H,2,5-6,9-12,18H2,1H3,(H,19,20);1H. The van der Waals surface area contributed by atoms with E-state index in [2.05, 4.69) is 5.32 Å². The molecule has 0 heterocycles. The van der Waals surface area contributed by atoms with Gasteiger partial charge in [-0.25, -0.2) is 4.79 Å². The first-order valence-electron chi connectivity index (χ1n) is 7.80. The molecule has 1 amide bonds. The summed E-state index contributed by atoms with van der Waals surface area (Å²) in [5, 5.41) is 2.92. The third-order valence-corrected chi connectivity index (χ3v) is 4.34. The van der Waals surface area contributed by atoms with Crippen LogP contribution in [0.15, 0.2) is 24.3 Å². The third-order valence-electron chi connectivity index (χ3n) is 4.34. The van der Waals surface area contributed by atoms with Crippen molar-refractivity contribution in [2.24, 2.45) is 0 Å². The van der Waals surface area contributed by atoms with Crippen LogP contribution in [-0.4, -0.2) is 24.5 Å². The minimum absolute atomic E-state index is 0. The molecule has 0 bridgehead atoms. The van der Waals surface area contributed by atoms with Crippen molar-refractivity contribution < 1.29 is 14.3 Å². The Morgan fingerprint density at radius 2 is 1.87 bits per heavy atom. The Bertz CT molecular complexity index is 542. The second-order valence-electron chi connectivity index (χ2n) is 5.88. The van der Waals surface area contributed by atoms with Crippen LogP contribution in [0.3, 0.4) is 0 Å². The summed E-state index contributed by atoms with van der Waals surface area (Å²) in [4.78, 5) is 24.4. The Morgan fingerprint density at radius 3 is 2.48 bits per heavy atom. The quantitative estimate of drug-likeness (QED) is 0.637. The number of hydrogen-bond acceptors (Lipinski definition) is 4. The first-order valence-corrected chi connectivity index (χ1v) is 7.80. The number of methoxy groups -OCH3 is 1. The SMILES string of the molecule is COC(=O)C1(NC(=O)CCc2ccccc2N)CCCCC1.Cl. The first-order chi connectivity index (χ1) is 10.6. The van der Waals surface area contributed by atoms with Crippen molar-refractivity contribution >= 4 is 30.0 Å². The van der Waals surface area contributed by atoms with E-state index in [4.69, 9.17) is 10.5 Å². The van der Waals surface area contributed by atoms with E-state index in [-0.39, 0.29) is 24.3 Å². The predicted octanol–water partition coefficient (Wildman–Crippen LogP) is 2.62. The number of halogens is 1. The van der Waals surface area contributed by atoms with Crippen molar-refractivity contribution in [3.8, 4) is 0 Å². The molecule has 0 atom stereocenters. The lowest BCUT2D eigenvalue weighted by Crippen LogP contribution is -2.56. The van der Waals surface area contributed by atoms with E-state index in [0.717, 1.165) is 24.8 Å². The van der Waals surface area contributed by atoms with Crippen LogP contribution >= 0.6 is 12.4 Å². The normalized spacial score (nSPS) is 16.0. The number of nitrogen functional groups attached to an aromatic ring is 1. The average molecular weight is 341 g/mol. The fourth-order valence-corrected chi connectivity index (χ4v) is 3.07. The molecule has 2 rings (SSSR count). The highest BCUT2D eigenvalue weighted by molar-refractivity contribution is 5.88. The average Bonchev–Trinajstić information content (AvgIpc) is 2.54. The van der Waals surface area contributed by atoms with Crippen LogP contribution in [0.5, 0.6) is 0 Å². The molecule has 5 nitrogen and oxygen atoms in total. The molecule has 3 N–H and O–H groups in total. The Kier molecular flexibility index (Phi) is 7.36. The zero-order valence-corrected chi connectivity index (χ0v) is 14.3. The maximum atomic E-state index is 12.3. The number of carbonyl (C=O) groups excluding carboxylic acids is 2. The Balaban J connectivity index is 0.00000264. The number of aryl methyl sites for hydroxylation is 1. The number of hydrogen-bond donors (Lipinski definition) is 2. The number of rotatable bonds is 5. The Hall–Kier alpha value is -1.75. The van der Waals surface area contributed by atoms with Crippen molar-refractivity contribution in [2.45, 2.75) is 50.5 Å². The van der Waals surface area contributed by atoms with Crippen LogP contribution in [0.25, 0.3) is 0 Å². The lowest BCUT2D eigenvalue weighted by molar-refractivity contribution is -0.152. The van der Waals surface area contributed by atoms with Crippen molar-refractivity contribution in [1.82, 2.24) is 5.32 Å². The fourth-order valence-electron chi connectivity index (χ4n) is 3.07. The van der Waals surface area contributed by atoms with Gasteiger partial charge in [0.2, 0.25) is 5.91 Å². The van der Waals surface area contributed by atoms with Crippen molar-refractivity contribution in [2.75, 3.05) is 12.8 Å². The second-order valence-corrected chi connectivity index (χ2v) is 5.88. The van der Waals surface area contributed by atoms with E-state index in [1.54, 1.807) is 0 Å². The van der Waals surface area contributed by atoms with Gasteiger partial charge in [-0.1, -0.05) is 37.5 Å². The number of carbonyl (C=O) groups is 2. The number of ether oxygens (including phenoxy) is 1. The molecule has 0 unspecified atom stereocenters. The molecule has 23 heavy (non-hydrogen) atoms. The summed E-state index contributed by atoms with van der Waals surface area (Å²) in [5.41, 5.74) is 6.68. The molecule has 6 heteroatoms. The smallest absolute Gasteiger partial charge is 0.331 e. The van der Waals surface area contributed by atoms with Gasteiger partial charge in [-0.3, -0.25) is 4.79 Å². The molecular formula is C17H25ClN2O3. The van der Waals surface area contributed by atoms with Gasteiger partial charge in [-0.2, -0.15) is 0 Å². The number of nitrogens with two attached hydrogens (primary N) is 1. The molecule has 1 saturated carbocycles. The van der Waals surface area contributed by atoms with Gasteiger partial charge < -0.3 is 15.8 Å². The van der Waals surface area contributed by atoms with Crippen LogP contribution in [0, 0.1) is 0 Å². The summed E-state index contributed by atoms with van der Waals surface area (Å²) >= 11 is 0. The van der Waals surface area contributed by atoms with E-state index in [9.17, 15) is 9.59 Å². The molecular weight excluding hydrogens is 316 g/mol. The molecule has 1 aliphatic carbocycles. The minimum atomic E-state index is -0.841. The molecule has 1 aromatic carbocycles. The fraction of sp³-hybridized carbons (Fsp3) is 0.529. The lowest BCUT2D eigenvalue weighted by Gasteiger charge is -2.35. The summed E-state index contributed by atoms with van der Waals surface area (Å²) in [7, 11) is 1.37. The highest BCUT2D eigenvalue weighted by Crippen LogP contribution is 2.29. The van der Waals surface area contributed by atoms with E-state index < -0.39 is 5.54 Å². The van der Waals surface area contributed by atoms with Crippen LogP contribution < -0.4 is 11.1 Å².